The zero-order chi connectivity index (χ0) is 12.7. The van der Waals surface area contributed by atoms with E-state index >= 15 is 0 Å². The molecule has 0 aromatic heterocycles. The highest BCUT2D eigenvalue weighted by molar-refractivity contribution is 5.92. The molecule has 1 unspecified atom stereocenters. The zero-order valence-corrected chi connectivity index (χ0v) is 8.60. The van der Waals surface area contributed by atoms with Crippen molar-refractivity contribution in [3.63, 3.8) is 0 Å². The molecule has 0 aliphatic heterocycles. The first-order chi connectivity index (χ1) is 7.36. The summed E-state index contributed by atoms with van der Waals surface area (Å²) in [5, 5.41) is 20.7. The minimum Gasteiger partial charge on any atom is -0.545 e. The monoisotopic (exact) mass is 226 g/mol. The number of aliphatic carboxylic acids is 2. The van der Waals surface area contributed by atoms with Crippen molar-refractivity contribution < 1.29 is 29.3 Å². The molecule has 0 aliphatic carbocycles. The van der Waals surface area contributed by atoms with Crippen LogP contribution in [0.5, 0.6) is 0 Å². The lowest BCUT2D eigenvalue weighted by molar-refractivity contribution is -0.303. The Bertz CT molecular complexity index is 341. The molecule has 1 atom stereocenters. The first kappa shape index (κ1) is 13.9. The van der Waals surface area contributed by atoms with Gasteiger partial charge in [-0.25, -0.2) is 4.79 Å². The zero-order valence-electron chi connectivity index (χ0n) is 8.60. The predicted octanol–water partition coefficient (Wildman–Crippen LogP) is -2.08. The molecule has 0 aliphatic rings. The molecule has 0 saturated heterocycles. The fraction of sp³-hybridized carbons (Fsp3) is 0.300. The van der Waals surface area contributed by atoms with E-state index < -0.39 is 29.6 Å². The summed E-state index contributed by atoms with van der Waals surface area (Å²) in [6, 6.07) is 0. The van der Waals surface area contributed by atoms with Gasteiger partial charge in [-0.3, -0.25) is 0 Å². The molecule has 0 rings (SSSR count). The summed E-state index contributed by atoms with van der Waals surface area (Å²) in [6.45, 7) is 4.56. The van der Waals surface area contributed by atoms with E-state index in [0.717, 1.165) is 6.08 Å². The van der Waals surface area contributed by atoms with Gasteiger partial charge >= 0.3 is 5.97 Å². The van der Waals surface area contributed by atoms with Gasteiger partial charge in [0, 0.05) is 12.5 Å². The third-order valence-electron chi connectivity index (χ3n) is 1.55. The van der Waals surface area contributed by atoms with E-state index in [0.29, 0.717) is 6.08 Å². The van der Waals surface area contributed by atoms with E-state index in [1.54, 1.807) is 0 Å². The summed E-state index contributed by atoms with van der Waals surface area (Å²) in [7, 11) is 0. The molecular weight excluding hydrogens is 216 g/mol. The molecule has 0 aromatic rings. The Morgan fingerprint density at radius 2 is 1.94 bits per heavy atom. The Labute approximate surface area is 91.8 Å². The third kappa shape index (κ3) is 5.58. The summed E-state index contributed by atoms with van der Waals surface area (Å²) in [5.41, 5.74) is -0.510. The molecule has 6 heteroatoms. The van der Waals surface area contributed by atoms with Crippen LogP contribution in [0.2, 0.25) is 0 Å². The van der Waals surface area contributed by atoms with Gasteiger partial charge in [0.05, 0.1) is 11.9 Å². The molecule has 16 heavy (non-hydrogen) atoms. The molecule has 0 saturated carbocycles. The number of carbonyl (C=O) groups excluding carboxylic acids is 3. The highest BCUT2D eigenvalue weighted by atomic mass is 16.5. The van der Waals surface area contributed by atoms with Gasteiger partial charge in [-0.1, -0.05) is 6.58 Å². The van der Waals surface area contributed by atoms with Gasteiger partial charge in [-0.2, -0.15) is 0 Å². The van der Waals surface area contributed by atoms with Crippen molar-refractivity contribution in [3.05, 3.63) is 24.3 Å². The quantitative estimate of drug-likeness (QED) is 0.380. The normalized spacial score (nSPS) is 12.7. The van der Waals surface area contributed by atoms with E-state index in [-0.39, 0.29) is 6.42 Å². The molecule has 0 N–H and O–H groups in total. The highest BCUT2D eigenvalue weighted by Gasteiger charge is 2.10. The van der Waals surface area contributed by atoms with Crippen LogP contribution < -0.4 is 10.2 Å². The second kappa shape index (κ2) is 6.39. The number of hydrogen-bond donors (Lipinski definition) is 0. The maximum Gasteiger partial charge on any atom is 0.330 e. The fourth-order valence-electron chi connectivity index (χ4n) is 0.941. The van der Waals surface area contributed by atoms with Crippen molar-refractivity contribution in [2.24, 2.45) is 0 Å². The van der Waals surface area contributed by atoms with Crippen LogP contribution in [0, 0.1) is 0 Å². The smallest absolute Gasteiger partial charge is 0.330 e. The fourth-order valence-corrected chi connectivity index (χ4v) is 0.941. The lowest BCUT2D eigenvalue weighted by atomic mass is 10.1. The summed E-state index contributed by atoms with van der Waals surface area (Å²) in [5.74, 6) is -4.02. The highest BCUT2D eigenvalue weighted by Crippen LogP contribution is 2.08. The van der Waals surface area contributed by atoms with Gasteiger partial charge < -0.3 is 24.5 Å². The Balaban J connectivity index is 4.53. The number of esters is 1. The molecule has 6 nitrogen and oxygen atoms in total. The number of carboxylic acids is 2. The van der Waals surface area contributed by atoms with E-state index in [2.05, 4.69) is 11.3 Å². The van der Waals surface area contributed by atoms with Crippen molar-refractivity contribution in [3.8, 4) is 0 Å². The van der Waals surface area contributed by atoms with Crippen molar-refractivity contribution in [2.45, 2.75) is 19.4 Å². The minimum atomic E-state index is -1.65. The number of rotatable bonds is 6. The topological polar surface area (TPSA) is 107 Å². The molecule has 0 spiro atoms. The van der Waals surface area contributed by atoms with Gasteiger partial charge in [0.25, 0.3) is 0 Å². The summed E-state index contributed by atoms with van der Waals surface area (Å²) >= 11 is 0. The average molecular weight is 226 g/mol. The first-order valence-electron chi connectivity index (χ1n) is 4.32. The average Bonchev–Trinajstić information content (AvgIpc) is 2.15. The Hall–Kier alpha value is -2.11. The SMILES string of the molecule is C=CC(=O)OC(C)C/C(=C/C(=O)[O-])C(=O)[O-]. The number of carbonyl (C=O) groups is 3. The maximum absolute atomic E-state index is 10.7. The molecule has 0 heterocycles. The van der Waals surface area contributed by atoms with Gasteiger partial charge in [-0.15, -0.1) is 0 Å². The molecule has 0 radical (unpaired) electrons. The van der Waals surface area contributed by atoms with Gasteiger partial charge in [-0.05, 0) is 18.6 Å². The second-order valence-corrected chi connectivity index (χ2v) is 2.93. The van der Waals surface area contributed by atoms with Crippen LogP contribution in [-0.4, -0.2) is 24.0 Å². The summed E-state index contributed by atoms with van der Waals surface area (Å²) in [4.78, 5) is 31.4. The van der Waals surface area contributed by atoms with E-state index in [4.69, 9.17) is 0 Å². The van der Waals surface area contributed by atoms with Crippen molar-refractivity contribution in [1.29, 1.82) is 0 Å². The number of carboxylic acid groups (broad SMARTS) is 2. The molecular formula is C10H10O6-2. The van der Waals surface area contributed by atoms with Crippen LogP contribution in [0.1, 0.15) is 13.3 Å². The summed E-state index contributed by atoms with van der Waals surface area (Å²) < 4.78 is 4.66. The lowest BCUT2D eigenvalue weighted by Crippen LogP contribution is -2.30. The number of hydrogen-bond acceptors (Lipinski definition) is 6. The van der Waals surface area contributed by atoms with Crippen molar-refractivity contribution >= 4 is 17.9 Å². The minimum absolute atomic E-state index is 0.282. The van der Waals surface area contributed by atoms with E-state index in [1.807, 2.05) is 0 Å². The van der Waals surface area contributed by atoms with Crippen LogP contribution in [-0.2, 0) is 19.1 Å². The lowest BCUT2D eigenvalue weighted by Gasteiger charge is -2.15. The molecule has 0 amide bonds. The maximum atomic E-state index is 10.7. The number of ether oxygens (including phenoxy) is 1. The van der Waals surface area contributed by atoms with Crippen LogP contribution >= 0.6 is 0 Å². The molecule has 0 bridgehead atoms. The Morgan fingerprint density at radius 1 is 1.38 bits per heavy atom. The van der Waals surface area contributed by atoms with Crippen LogP contribution in [0.15, 0.2) is 24.3 Å². The third-order valence-corrected chi connectivity index (χ3v) is 1.55. The molecule has 0 aromatic carbocycles. The summed E-state index contributed by atoms with van der Waals surface area (Å²) in [6.07, 6.45) is 0.232. The van der Waals surface area contributed by atoms with Crippen LogP contribution in [0.4, 0.5) is 0 Å². The molecule has 0 fully saturated rings. The largest absolute Gasteiger partial charge is 0.545 e. The second-order valence-electron chi connectivity index (χ2n) is 2.93. The first-order valence-corrected chi connectivity index (χ1v) is 4.32. The van der Waals surface area contributed by atoms with Crippen molar-refractivity contribution in [1.82, 2.24) is 0 Å². The van der Waals surface area contributed by atoms with Gasteiger partial charge in [0.2, 0.25) is 0 Å². The van der Waals surface area contributed by atoms with E-state index in [1.165, 1.54) is 6.92 Å². The van der Waals surface area contributed by atoms with Crippen LogP contribution in [0.3, 0.4) is 0 Å². The standard InChI is InChI=1S/C10H12O6/c1-3-9(13)16-6(2)4-7(10(14)15)5-8(11)12/h3,5-6H,1,4H2,2H3,(H,11,12)(H,14,15)/p-2/b7-5-. The van der Waals surface area contributed by atoms with Gasteiger partial charge in [0.15, 0.2) is 0 Å². The predicted molar refractivity (Wildman–Crippen MR) is 48.5 cm³/mol. The molecule has 88 valence electrons. The van der Waals surface area contributed by atoms with Crippen molar-refractivity contribution in [2.75, 3.05) is 0 Å². The Kier molecular flexibility index (Phi) is 5.55. The van der Waals surface area contributed by atoms with Gasteiger partial charge in [0.1, 0.15) is 6.10 Å². The van der Waals surface area contributed by atoms with Crippen LogP contribution in [0.25, 0.3) is 0 Å². The van der Waals surface area contributed by atoms with E-state index in [9.17, 15) is 24.6 Å². The Morgan fingerprint density at radius 3 is 2.31 bits per heavy atom.